The Morgan fingerprint density at radius 1 is 1.12 bits per heavy atom. The minimum Gasteiger partial charge on any atom is -0.481 e. The van der Waals surface area contributed by atoms with Crippen LogP contribution in [0.4, 0.5) is 5.69 Å². The van der Waals surface area contributed by atoms with Gasteiger partial charge in [-0.25, -0.2) is 0 Å². The standard InChI is InChI=1S/C21H23NO4/c23-19(24)12-11-15-6-4-9-17(14-15)22-21(25)18-10-5-13-26-20(18)16-7-2-1-3-8-16/h1-4,6-9,14,18,20H,5,10-13H2,(H,22,25)(H,23,24). The van der Waals surface area contributed by atoms with E-state index in [2.05, 4.69) is 5.32 Å². The smallest absolute Gasteiger partial charge is 0.303 e. The number of carboxylic acids is 1. The van der Waals surface area contributed by atoms with Crippen molar-refractivity contribution >= 4 is 17.6 Å². The Morgan fingerprint density at radius 3 is 2.69 bits per heavy atom. The largest absolute Gasteiger partial charge is 0.481 e. The molecular weight excluding hydrogens is 330 g/mol. The summed E-state index contributed by atoms with van der Waals surface area (Å²) in [6.07, 6.45) is 1.92. The van der Waals surface area contributed by atoms with Gasteiger partial charge >= 0.3 is 5.97 Å². The molecule has 2 aromatic carbocycles. The molecule has 0 bridgehead atoms. The number of aliphatic carboxylic acids is 1. The third kappa shape index (κ3) is 4.70. The van der Waals surface area contributed by atoms with Crippen molar-refractivity contribution < 1.29 is 19.4 Å². The van der Waals surface area contributed by atoms with Crippen LogP contribution < -0.4 is 5.32 Å². The molecule has 2 unspecified atom stereocenters. The summed E-state index contributed by atoms with van der Waals surface area (Å²) in [7, 11) is 0. The van der Waals surface area contributed by atoms with Crippen LogP contribution >= 0.6 is 0 Å². The highest BCUT2D eigenvalue weighted by atomic mass is 16.5. The highest BCUT2D eigenvalue weighted by molar-refractivity contribution is 5.93. The van der Waals surface area contributed by atoms with Gasteiger partial charge in [0, 0.05) is 18.7 Å². The number of carbonyl (C=O) groups is 2. The van der Waals surface area contributed by atoms with Crippen molar-refractivity contribution in [3.63, 3.8) is 0 Å². The molecule has 5 nitrogen and oxygen atoms in total. The number of ether oxygens (including phenoxy) is 1. The maximum absolute atomic E-state index is 12.8. The molecule has 0 saturated carbocycles. The molecule has 0 radical (unpaired) electrons. The molecule has 2 N–H and O–H groups in total. The van der Waals surface area contributed by atoms with E-state index in [0.29, 0.717) is 18.7 Å². The number of anilines is 1. The predicted molar refractivity (Wildman–Crippen MR) is 98.9 cm³/mol. The zero-order valence-electron chi connectivity index (χ0n) is 14.6. The zero-order valence-corrected chi connectivity index (χ0v) is 14.6. The molecule has 0 spiro atoms. The Labute approximate surface area is 153 Å². The van der Waals surface area contributed by atoms with E-state index in [1.165, 1.54) is 0 Å². The van der Waals surface area contributed by atoms with E-state index in [1.807, 2.05) is 54.6 Å². The lowest BCUT2D eigenvalue weighted by atomic mass is 9.88. The Kier molecular flexibility index (Phi) is 6.02. The Bertz CT molecular complexity index is 760. The van der Waals surface area contributed by atoms with E-state index in [0.717, 1.165) is 24.0 Å². The molecule has 2 atom stereocenters. The maximum atomic E-state index is 12.8. The number of carboxylic acid groups (broad SMARTS) is 1. The van der Waals surface area contributed by atoms with Gasteiger partial charge < -0.3 is 15.2 Å². The van der Waals surface area contributed by atoms with E-state index >= 15 is 0 Å². The second-order valence-electron chi connectivity index (χ2n) is 6.53. The average molecular weight is 353 g/mol. The molecule has 0 aliphatic carbocycles. The molecule has 0 aromatic heterocycles. The van der Waals surface area contributed by atoms with Gasteiger partial charge in [0.1, 0.15) is 0 Å². The number of nitrogens with one attached hydrogen (secondary N) is 1. The zero-order chi connectivity index (χ0) is 18.4. The topological polar surface area (TPSA) is 75.6 Å². The van der Waals surface area contributed by atoms with Crippen LogP contribution in [0.25, 0.3) is 0 Å². The van der Waals surface area contributed by atoms with Gasteiger partial charge in [-0.15, -0.1) is 0 Å². The van der Waals surface area contributed by atoms with Gasteiger partial charge in [0.2, 0.25) is 5.91 Å². The van der Waals surface area contributed by atoms with Crippen LogP contribution in [-0.4, -0.2) is 23.6 Å². The van der Waals surface area contributed by atoms with E-state index in [4.69, 9.17) is 9.84 Å². The fourth-order valence-electron chi connectivity index (χ4n) is 3.31. The van der Waals surface area contributed by atoms with Crippen LogP contribution in [-0.2, 0) is 20.7 Å². The third-order valence-electron chi connectivity index (χ3n) is 4.61. The minimum absolute atomic E-state index is 0.0612. The molecule has 26 heavy (non-hydrogen) atoms. The van der Waals surface area contributed by atoms with Crippen molar-refractivity contribution in [2.45, 2.75) is 31.8 Å². The molecule has 5 heteroatoms. The van der Waals surface area contributed by atoms with Gasteiger partial charge in [0.15, 0.2) is 0 Å². The first-order valence-electron chi connectivity index (χ1n) is 8.91. The highest BCUT2D eigenvalue weighted by Gasteiger charge is 2.33. The van der Waals surface area contributed by atoms with Crippen molar-refractivity contribution in [3.05, 3.63) is 65.7 Å². The van der Waals surface area contributed by atoms with Gasteiger partial charge in [-0.1, -0.05) is 42.5 Å². The molecule has 1 aliphatic rings. The summed E-state index contributed by atoms with van der Waals surface area (Å²) in [4.78, 5) is 23.6. The van der Waals surface area contributed by atoms with Crippen molar-refractivity contribution in [1.82, 2.24) is 0 Å². The minimum atomic E-state index is -0.829. The molecule has 1 fully saturated rings. The molecule has 1 saturated heterocycles. The molecule has 136 valence electrons. The van der Waals surface area contributed by atoms with Gasteiger partial charge in [0.05, 0.1) is 12.0 Å². The SMILES string of the molecule is O=C(O)CCc1cccc(NC(=O)C2CCCOC2c2ccccc2)c1. The number of hydrogen-bond donors (Lipinski definition) is 2. The summed E-state index contributed by atoms with van der Waals surface area (Å²) >= 11 is 0. The normalized spacial score (nSPS) is 19.7. The number of hydrogen-bond acceptors (Lipinski definition) is 3. The lowest BCUT2D eigenvalue weighted by molar-refractivity contribution is -0.137. The lowest BCUT2D eigenvalue weighted by Crippen LogP contribution is -2.33. The molecule has 1 aliphatic heterocycles. The van der Waals surface area contributed by atoms with Crippen LogP contribution in [0.5, 0.6) is 0 Å². The summed E-state index contributed by atoms with van der Waals surface area (Å²) in [5, 5.41) is 11.8. The van der Waals surface area contributed by atoms with Crippen LogP contribution in [0, 0.1) is 5.92 Å². The molecule has 1 amide bonds. The summed E-state index contributed by atoms with van der Waals surface area (Å²) in [6, 6.07) is 17.2. The summed E-state index contributed by atoms with van der Waals surface area (Å²) in [5.41, 5.74) is 2.60. The predicted octanol–water partition coefficient (Wildman–Crippen LogP) is 3.81. The van der Waals surface area contributed by atoms with E-state index in [9.17, 15) is 9.59 Å². The van der Waals surface area contributed by atoms with Gasteiger partial charge in [-0.05, 0) is 42.5 Å². The summed E-state index contributed by atoms with van der Waals surface area (Å²) in [5.74, 6) is -1.13. The van der Waals surface area contributed by atoms with Crippen LogP contribution in [0.2, 0.25) is 0 Å². The van der Waals surface area contributed by atoms with Crippen LogP contribution in [0.3, 0.4) is 0 Å². The van der Waals surface area contributed by atoms with Crippen molar-refractivity contribution in [1.29, 1.82) is 0 Å². The third-order valence-corrected chi connectivity index (χ3v) is 4.61. The maximum Gasteiger partial charge on any atom is 0.303 e. The molecule has 3 rings (SSSR count). The first-order valence-corrected chi connectivity index (χ1v) is 8.91. The number of carbonyl (C=O) groups excluding carboxylic acids is 1. The summed E-state index contributed by atoms with van der Waals surface area (Å²) < 4.78 is 5.90. The Morgan fingerprint density at radius 2 is 1.92 bits per heavy atom. The average Bonchev–Trinajstić information content (AvgIpc) is 2.67. The fourth-order valence-corrected chi connectivity index (χ4v) is 3.31. The number of benzene rings is 2. The number of rotatable bonds is 6. The van der Waals surface area contributed by atoms with E-state index in [-0.39, 0.29) is 24.3 Å². The van der Waals surface area contributed by atoms with Crippen LogP contribution in [0.1, 0.15) is 36.5 Å². The Hall–Kier alpha value is -2.66. The lowest BCUT2D eigenvalue weighted by Gasteiger charge is -2.31. The summed E-state index contributed by atoms with van der Waals surface area (Å²) in [6.45, 7) is 0.661. The first kappa shape index (κ1) is 18.1. The van der Waals surface area contributed by atoms with E-state index < -0.39 is 5.97 Å². The van der Waals surface area contributed by atoms with Gasteiger partial charge in [-0.3, -0.25) is 9.59 Å². The quantitative estimate of drug-likeness (QED) is 0.828. The fraction of sp³-hybridized carbons (Fsp3) is 0.333. The van der Waals surface area contributed by atoms with Crippen molar-refractivity contribution in [3.8, 4) is 0 Å². The van der Waals surface area contributed by atoms with Crippen LogP contribution in [0.15, 0.2) is 54.6 Å². The Balaban J connectivity index is 1.70. The van der Waals surface area contributed by atoms with Gasteiger partial charge in [0.25, 0.3) is 0 Å². The number of aryl methyl sites for hydroxylation is 1. The molecule has 1 heterocycles. The molecular formula is C21H23NO4. The number of amides is 1. The molecule has 2 aromatic rings. The second-order valence-corrected chi connectivity index (χ2v) is 6.53. The van der Waals surface area contributed by atoms with Crippen molar-refractivity contribution in [2.75, 3.05) is 11.9 Å². The van der Waals surface area contributed by atoms with Crippen molar-refractivity contribution in [2.24, 2.45) is 5.92 Å². The first-order chi connectivity index (χ1) is 12.6. The second kappa shape index (κ2) is 8.63. The van der Waals surface area contributed by atoms with Gasteiger partial charge in [-0.2, -0.15) is 0 Å². The monoisotopic (exact) mass is 353 g/mol. The highest BCUT2D eigenvalue weighted by Crippen LogP contribution is 2.34. The van der Waals surface area contributed by atoms with E-state index in [1.54, 1.807) is 0 Å².